The van der Waals surface area contributed by atoms with Gasteiger partial charge in [0.2, 0.25) is 0 Å². The first-order valence-corrected chi connectivity index (χ1v) is 9.35. The Kier molecular flexibility index (Phi) is 4.18. The predicted molar refractivity (Wildman–Crippen MR) is 111 cm³/mol. The normalized spacial score (nSPS) is 17.9. The van der Waals surface area contributed by atoms with Crippen molar-refractivity contribution in [2.24, 2.45) is 0 Å². The van der Waals surface area contributed by atoms with E-state index in [1.165, 1.54) is 8.96 Å². The number of aryl methyl sites for hydroxylation is 2. The number of methoxy groups -OCH3 is 1. The second-order valence-electron chi connectivity index (χ2n) is 7.48. The van der Waals surface area contributed by atoms with Crippen molar-refractivity contribution in [2.45, 2.75) is 27.7 Å². The molecule has 3 heterocycles. The number of rotatable bonds is 3. The topological polar surface area (TPSA) is 17.2 Å². The molecule has 2 aromatic rings. The average Bonchev–Trinajstić information content (AvgIpc) is 3.16. The number of benzene rings is 1. The van der Waals surface area contributed by atoms with Crippen LogP contribution in [0.2, 0.25) is 0 Å². The minimum atomic E-state index is -3.96. The van der Waals surface area contributed by atoms with Gasteiger partial charge in [-0.1, -0.05) is 12.1 Å². The van der Waals surface area contributed by atoms with Gasteiger partial charge in [0.05, 0.1) is 7.11 Å². The molecular weight excluding hydrogens is 357 g/mol. The van der Waals surface area contributed by atoms with Crippen LogP contribution < -0.4 is 4.74 Å². The Morgan fingerprint density at radius 1 is 1.04 bits per heavy atom. The molecular formula is C22H23BF2N2O. The van der Waals surface area contributed by atoms with Gasteiger partial charge >= 0.3 is 6.97 Å². The number of aromatic nitrogens is 1. The van der Waals surface area contributed by atoms with Crippen LogP contribution in [0.1, 0.15) is 36.4 Å². The van der Waals surface area contributed by atoms with Crippen LogP contribution in [0, 0.1) is 13.8 Å². The highest BCUT2D eigenvalue weighted by Gasteiger charge is 2.54. The predicted octanol–water partition coefficient (Wildman–Crippen LogP) is 5.21. The number of allylic oxidation sites excluding steroid dienone is 4. The number of hydrogen-bond donors (Lipinski definition) is 0. The molecule has 3 nitrogen and oxygen atoms in total. The van der Waals surface area contributed by atoms with E-state index in [0.29, 0.717) is 22.8 Å². The van der Waals surface area contributed by atoms with Gasteiger partial charge < -0.3 is 22.3 Å². The zero-order valence-electron chi connectivity index (χ0n) is 16.8. The van der Waals surface area contributed by atoms with Gasteiger partial charge in [-0.15, -0.1) is 0 Å². The van der Waals surface area contributed by atoms with Crippen molar-refractivity contribution in [3.05, 3.63) is 76.3 Å². The quantitative estimate of drug-likeness (QED) is 0.669. The van der Waals surface area contributed by atoms with E-state index in [2.05, 4.69) is 0 Å². The number of ether oxygens (including phenoxy) is 1. The molecule has 0 radical (unpaired) electrons. The minimum Gasteiger partial charge on any atom is -0.497 e. The van der Waals surface area contributed by atoms with Crippen molar-refractivity contribution in [2.75, 3.05) is 7.11 Å². The van der Waals surface area contributed by atoms with Crippen molar-refractivity contribution < 1.29 is 17.9 Å². The van der Waals surface area contributed by atoms with Crippen LogP contribution in [0.3, 0.4) is 0 Å². The fraction of sp³-hybridized carbons (Fsp3) is 0.227. The largest absolute Gasteiger partial charge is 0.737 e. The summed E-state index contributed by atoms with van der Waals surface area (Å²) in [4.78, 5) is 0. The van der Waals surface area contributed by atoms with E-state index in [9.17, 15) is 0 Å². The maximum Gasteiger partial charge on any atom is 0.737 e. The SMILES string of the molecule is COc1ccc(/C=C/C2=[N+]3C(=C(C)c4c(C)cc(C)n4[B-]3(F)F)C(C)=C2)cc1. The zero-order valence-corrected chi connectivity index (χ0v) is 16.8. The van der Waals surface area contributed by atoms with Crippen LogP contribution in [0.4, 0.5) is 8.63 Å². The third-order valence-corrected chi connectivity index (χ3v) is 5.57. The molecule has 0 unspecified atom stereocenters. The Bertz CT molecular complexity index is 1100. The van der Waals surface area contributed by atoms with Crippen molar-refractivity contribution in [3.63, 3.8) is 0 Å². The van der Waals surface area contributed by atoms with E-state index in [0.717, 1.165) is 28.0 Å². The van der Waals surface area contributed by atoms with Crippen LogP contribution in [-0.2, 0) is 0 Å². The van der Waals surface area contributed by atoms with Gasteiger partial charge in [-0.3, -0.25) is 0 Å². The fourth-order valence-electron chi connectivity index (χ4n) is 4.44. The Balaban J connectivity index is 1.86. The molecule has 28 heavy (non-hydrogen) atoms. The lowest BCUT2D eigenvalue weighted by atomic mass is 9.86. The maximum absolute atomic E-state index is 15.7. The Hall–Kier alpha value is -2.89. The Labute approximate surface area is 164 Å². The highest BCUT2D eigenvalue weighted by molar-refractivity contribution is 6.58. The van der Waals surface area contributed by atoms with E-state index < -0.39 is 6.97 Å². The summed E-state index contributed by atoms with van der Waals surface area (Å²) in [5, 5.41) is 0. The molecule has 0 fully saturated rings. The van der Waals surface area contributed by atoms with Gasteiger partial charge in [0.15, 0.2) is 11.4 Å². The van der Waals surface area contributed by atoms with Crippen LogP contribution in [-0.4, -0.2) is 28.8 Å². The molecule has 6 heteroatoms. The summed E-state index contributed by atoms with van der Waals surface area (Å²) < 4.78 is 38.9. The van der Waals surface area contributed by atoms with E-state index >= 15 is 8.63 Å². The van der Waals surface area contributed by atoms with Gasteiger partial charge in [0.25, 0.3) is 0 Å². The molecule has 1 aromatic carbocycles. The Morgan fingerprint density at radius 2 is 1.71 bits per heavy atom. The smallest absolute Gasteiger partial charge is 0.497 e. The van der Waals surface area contributed by atoms with Gasteiger partial charge in [0.1, 0.15) is 5.75 Å². The van der Waals surface area contributed by atoms with E-state index in [4.69, 9.17) is 4.74 Å². The first-order valence-electron chi connectivity index (χ1n) is 9.35. The summed E-state index contributed by atoms with van der Waals surface area (Å²) in [6, 6.07) is 9.35. The first kappa shape index (κ1) is 18.5. The molecule has 0 spiro atoms. The highest BCUT2D eigenvalue weighted by Crippen LogP contribution is 2.41. The van der Waals surface area contributed by atoms with Crippen LogP contribution in [0.15, 0.2) is 53.8 Å². The second kappa shape index (κ2) is 6.33. The van der Waals surface area contributed by atoms with Gasteiger partial charge in [-0.2, -0.15) is 0 Å². The van der Waals surface area contributed by atoms with Gasteiger partial charge in [-0.25, -0.2) is 0 Å². The second-order valence-corrected chi connectivity index (χ2v) is 7.48. The van der Waals surface area contributed by atoms with Crippen LogP contribution in [0.5, 0.6) is 5.75 Å². The van der Waals surface area contributed by atoms with Crippen LogP contribution >= 0.6 is 0 Å². The Morgan fingerprint density at radius 3 is 2.36 bits per heavy atom. The van der Waals surface area contributed by atoms with Crippen molar-refractivity contribution >= 4 is 24.3 Å². The monoisotopic (exact) mass is 380 g/mol. The maximum atomic E-state index is 15.7. The van der Waals surface area contributed by atoms with Gasteiger partial charge in [-0.05, 0) is 68.8 Å². The third kappa shape index (κ3) is 2.59. The third-order valence-electron chi connectivity index (χ3n) is 5.57. The number of halogens is 2. The van der Waals surface area contributed by atoms with Crippen molar-refractivity contribution in [3.8, 4) is 5.75 Å². The molecule has 0 atom stereocenters. The summed E-state index contributed by atoms with van der Waals surface area (Å²) in [7, 11) is 1.61. The number of fused-ring (bicyclic) bond motifs is 2. The van der Waals surface area contributed by atoms with E-state index in [1.807, 2.05) is 63.3 Å². The van der Waals surface area contributed by atoms with Crippen LogP contribution in [0.25, 0.3) is 11.6 Å². The first-order chi connectivity index (χ1) is 13.3. The molecule has 0 amide bonds. The zero-order chi connectivity index (χ0) is 20.2. The molecule has 0 saturated carbocycles. The lowest BCUT2D eigenvalue weighted by Crippen LogP contribution is -2.51. The highest BCUT2D eigenvalue weighted by atomic mass is 19.2. The number of nitrogens with zero attached hydrogens (tertiary/aromatic N) is 2. The standard InChI is InChI=1S/C22H23BF2N2O/c1-14-12-16(3)26-21(14)17(4)22-15(2)13-19(27(22)23(26,24)25)9-6-18-7-10-20(28-5)11-8-18/h6-13H,1-5H3/b9-6+. The van der Waals surface area contributed by atoms with Crippen molar-refractivity contribution in [1.29, 1.82) is 0 Å². The molecule has 144 valence electrons. The molecule has 0 bridgehead atoms. The minimum absolute atomic E-state index is 0.504. The lowest BCUT2D eigenvalue weighted by Gasteiger charge is -2.33. The van der Waals surface area contributed by atoms with Crippen molar-refractivity contribution in [1.82, 2.24) is 4.48 Å². The average molecular weight is 380 g/mol. The number of hydrogen-bond acceptors (Lipinski definition) is 1. The van der Waals surface area contributed by atoms with E-state index in [1.54, 1.807) is 20.1 Å². The summed E-state index contributed by atoms with van der Waals surface area (Å²) in [6.07, 6.45) is 5.45. The molecule has 1 aromatic heterocycles. The fourth-order valence-corrected chi connectivity index (χ4v) is 4.44. The molecule has 2 aliphatic rings. The van der Waals surface area contributed by atoms with Gasteiger partial charge in [0, 0.05) is 29.0 Å². The summed E-state index contributed by atoms with van der Waals surface area (Å²) in [5.41, 5.74) is 5.91. The summed E-state index contributed by atoms with van der Waals surface area (Å²) in [5.74, 6) is 0.763. The summed E-state index contributed by atoms with van der Waals surface area (Å²) in [6.45, 7) is 3.50. The van der Waals surface area contributed by atoms with E-state index in [-0.39, 0.29) is 0 Å². The molecule has 0 aliphatic carbocycles. The molecule has 0 saturated heterocycles. The molecule has 0 N–H and O–H groups in total. The lowest BCUT2D eigenvalue weighted by molar-refractivity contribution is -0.362. The molecule has 4 rings (SSSR count). The molecule has 2 aliphatic heterocycles. The summed E-state index contributed by atoms with van der Waals surface area (Å²) >= 11 is 0.